The van der Waals surface area contributed by atoms with E-state index >= 15 is 0 Å². The molecule has 0 amide bonds. The molecule has 0 aliphatic rings. The zero-order valence-electron chi connectivity index (χ0n) is 34.9. The quantitative estimate of drug-likeness (QED) is 0.0771. The third-order valence-electron chi connectivity index (χ3n) is 9.84. The second-order valence-corrected chi connectivity index (χ2v) is 28.2. The monoisotopic (exact) mass is 831 g/mol. The first kappa shape index (κ1) is 41.7. The van der Waals surface area contributed by atoms with Crippen molar-refractivity contribution in [1.82, 2.24) is 43.9 Å². The van der Waals surface area contributed by atoms with E-state index in [0.717, 1.165) is 64.2 Å². The van der Waals surface area contributed by atoms with Crippen molar-refractivity contribution in [1.29, 1.82) is 10.5 Å². The number of rotatable bonds is 14. The van der Waals surface area contributed by atoms with Gasteiger partial charge in [-0.15, -0.1) is 0 Å². The highest BCUT2D eigenvalue weighted by molar-refractivity contribution is 6.76. The van der Waals surface area contributed by atoms with Crippen LogP contribution in [-0.2, 0) is 22.9 Å². The van der Waals surface area contributed by atoms with Crippen LogP contribution < -0.4 is 0 Å². The Morgan fingerprint density at radius 1 is 0.600 bits per heavy atom. The Morgan fingerprint density at radius 2 is 1.15 bits per heavy atom. The number of nitriles is 2. The van der Waals surface area contributed by atoms with E-state index < -0.39 is 16.1 Å². The van der Waals surface area contributed by atoms with Gasteiger partial charge in [0.05, 0.1) is 58.1 Å². The molecule has 0 spiro atoms. The first-order chi connectivity index (χ1) is 28.9. The van der Waals surface area contributed by atoms with E-state index in [9.17, 15) is 5.26 Å². The number of ether oxygens (including phenoxy) is 2. The van der Waals surface area contributed by atoms with E-state index in [2.05, 4.69) is 112 Å². The second-order valence-electron chi connectivity index (χ2n) is 17.0. The molecule has 8 aromatic rings. The number of benzene rings is 2. The number of nitrogens with zero attached hydrogens (tertiary/aromatic N) is 11. The van der Waals surface area contributed by atoms with Crippen molar-refractivity contribution in [2.75, 3.05) is 13.2 Å². The van der Waals surface area contributed by atoms with E-state index in [0.29, 0.717) is 36.2 Å². The zero-order valence-corrected chi connectivity index (χ0v) is 36.9. The Bertz CT molecular complexity index is 2800. The van der Waals surface area contributed by atoms with Crippen LogP contribution >= 0.6 is 0 Å². The van der Waals surface area contributed by atoms with Crippen LogP contribution in [0, 0.1) is 22.7 Å². The third kappa shape index (κ3) is 10.4. The number of pyridine rings is 2. The maximum absolute atomic E-state index is 9.18. The van der Waals surface area contributed by atoms with E-state index in [-0.39, 0.29) is 0 Å². The molecule has 8 rings (SSSR count). The van der Waals surface area contributed by atoms with Gasteiger partial charge in [0, 0.05) is 82.8 Å². The topological polar surface area (TPSA) is 150 Å². The van der Waals surface area contributed by atoms with Crippen LogP contribution in [0.25, 0.3) is 56.0 Å². The molecule has 304 valence electrons. The molecule has 15 heteroatoms. The maximum atomic E-state index is 9.18. The van der Waals surface area contributed by atoms with Crippen LogP contribution in [0.5, 0.6) is 0 Å². The molecule has 13 nitrogen and oxygen atoms in total. The molecule has 6 heterocycles. The summed E-state index contributed by atoms with van der Waals surface area (Å²) in [4.78, 5) is 8.74. The standard InChI is InChI=1S/C23H25N5OSi.C22H24N6OSi/c1-30(2,3)13-12-29-17-27-11-8-19-4-5-20(15-22(19)27)21-7-10-26-28(21)23-14-18(16-24)6-9-25-23;1-30(2,3)11-10-29-16-27-15-19-5-4-18(13-20(19)26-27)21-7-9-25-28(21)22-12-17(14-23)6-8-24-22/h4-11,14-15H,12-13,17H2,1-3H3;4-9,12-13,15H,10-11,16H2,1-3H3. The number of aromatic nitrogens is 9. The fourth-order valence-corrected chi connectivity index (χ4v) is 7.96. The summed E-state index contributed by atoms with van der Waals surface area (Å²) in [6.07, 6.45) is 10.8. The highest BCUT2D eigenvalue weighted by Gasteiger charge is 2.15. The van der Waals surface area contributed by atoms with Crippen LogP contribution in [0.1, 0.15) is 11.1 Å². The van der Waals surface area contributed by atoms with Crippen molar-refractivity contribution in [2.45, 2.75) is 64.8 Å². The molecule has 6 aromatic heterocycles. The van der Waals surface area contributed by atoms with Gasteiger partial charge in [0.25, 0.3) is 0 Å². The van der Waals surface area contributed by atoms with Crippen molar-refractivity contribution in [3.05, 3.63) is 127 Å². The summed E-state index contributed by atoms with van der Waals surface area (Å²) in [5.41, 5.74) is 6.94. The van der Waals surface area contributed by atoms with Gasteiger partial charge in [0.15, 0.2) is 11.6 Å². The summed E-state index contributed by atoms with van der Waals surface area (Å²) in [7, 11) is -2.18. The van der Waals surface area contributed by atoms with Gasteiger partial charge in [-0.1, -0.05) is 63.5 Å². The lowest BCUT2D eigenvalue weighted by Gasteiger charge is -2.16. The highest BCUT2D eigenvalue weighted by atomic mass is 28.3. The SMILES string of the molecule is C[Si](C)(C)CCOCn1cc2ccc(-c3ccnn3-c3cc(C#N)ccn3)cc2n1.C[Si](C)(C)CCOCn1ccc2ccc(-c3ccnn3-c3cc(C#N)ccn3)cc21. The van der Waals surface area contributed by atoms with Crippen molar-refractivity contribution >= 4 is 38.0 Å². The van der Waals surface area contributed by atoms with Crippen molar-refractivity contribution in [3.63, 3.8) is 0 Å². The molecule has 0 saturated carbocycles. The molecule has 60 heavy (non-hydrogen) atoms. The molecular formula is C45H49N11O2Si2. The lowest BCUT2D eigenvalue weighted by atomic mass is 10.1. The van der Waals surface area contributed by atoms with Gasteiger partial charge in [-0.2, -0.15) is 25.8 Å². The number of hydrogen-bond acceptors (Lipinski definition) is 9. The van der Waals surface area contributed by atoms with Gasteiger partial charge in [0.2, 0.25) is 0 Å². The second kappa shape index (κ2) is 18.2. The lowest BCUT2D eigenvalue weighted by Crippen LogP contribution is -2.22. The molecule has 0 aliphatic heterocycles. The lowest BCUT2D eigenvalue weighted by molar-refractivity contribution is 0.0791. The molecule has 0 bridgehead atoms. The van der Waals surface area contributed by atoms with Crippen molar-refractivity contribution in [2.24, 2.45) is 0 Å². The minimum absolute atomic E-state index is 0.456. The molecule has 0 fully saturated rings. The normalized spacial score (nSPS) is 11.7. The van der Waals surface area contributed by atoms with E-state index in [4.69, 9.17) is 14.7 Å². The van der Waals surface area contributed by atoms with Gasteiger partial charge in [0.1, 0.15) is 13.5 Å². The largest absolute Gasteiger partial charge is 0.361 e. The molecule has 0 saturated heterocycles. The Balaban J connectivity index is 0.000000181. The van der Waals surface area contributed by atoms with Gasteiger partial charge >= 0.3 is 0 Å². The summed E-state index contributed by atoms with van der Waals surface area (Å²) in [5, 5.41) is 34.1. The van der Waals surface area contributed by atoms with E-state index in [1.54, 1.807) is 58.4 Å². The molecule has 0 N–H and O–H groups in total. The summed E-state index contributed by atoms with van der Waals surface area (Å²) in [6, 6.07) is 31.9. The molecule has 0 radical (unpaired) electrons. The van der Waals surface area contributed by atoms with E-state index in [1.807, 2.05) is 41.2 Å². The smallest absolute Gasteiger partial charge is 0.155 e. The summed E-state index contributed by atoms with van der Waals surface area (Å²) in [6.45, 7) is 16.7. The van der Waals surface area contributed by atoms with Crippen molar-refractivity contribution in [3.8, 4) is 46.3 Å². The van der Waals surface area contributed by atoms with Gasteiger partial charge in [-0.05, 0) is 59.9 Å². The average molecular weight is 832 g/mol. The summed E-state index contributed by atoms with van der Waals surface area (Å²) >= 11 is 0. The first-order valence-corrected chi connectivity index (χ1v) is 27.3. The molecule has 2 aromatic carbocycles. The molecule has 0 unspecified atom stereocenters. The van der Waals surface area contributed by atoms with Gasteiger partial charge in [-0.25, -0.2) is 24.0 Å². The van der Waals surface area contributed by atoms with E-state index in [1.165, 1.54) is 5.39 Å². The Morgan fingerprint density at radius 3 is 1.72 bits per heavy atom. The third-order valence-corrected chi connectivity index (χ3v) is 13.2. The molecule has 0 aliphatic carbocycles. The Labute approximate surface area is 352 Å². The maximum Gasteiger partial charge on any atom is 0.155 e. The predicted molar refractivity (Wildman–Crippen MR) is 240 cm³/mol. The summed E-state index contributed by atoms with van der Waals surface area (Å²) in [5.74, 6) is 1.23. The number of fused-ring (bicyclic) bond motifs is 2. The average Bonchev–Trinajstić information content (AvgIpc) is 4.07. The number of hydrogen-bond donors (Lipinski definition) is 0. The zero-order chi connectivity index (χ0) is 42.3. The van der Waals surface area contributed by atoms with Crippen LogP contribution in [-0.4, -0.2) is 73.2 Å². The minimum Gasteiger partial charge on any atom is -0.361 e. The predicted octanol–water partition coefficient (Wildman–Crippen LogP) is 9.54. The molecule has 0 atom stereocenters. The van der Waals surface area contributed by atoms with Crippen LogP contribution in [0.3, 0.4) is 0 Å². The van der Waals surface area contributed by atoms with Crippen LogP contribution in [0.2, 0.25) is 51.4 Å². The summed E-state index contributed by atoms with van der Waals surface area (Å²) < 4.78 is 19.2. The first-order valence-electron chi connectivity index (χ1n) is 19.9. The van der Waals surface area contributed by atoms with Crippen LogP contribution in [0.4, 0.5) is 0 Å². The van der Waals surface area contributed by atoms with Gasteiger partial charge < -0.3 is 14.0 Å². The minimum atomic E-state index is -1.09. The van der Waals surface area contributed by atoms with Gasteiger partial charge in [-0.3, -0.25) is 0 Å². The Hall–Kier alpha value is -6.50. The fraction of sp³-hybridized carbons (Fsp3) is 0.267. The van der Waals surface area contributed by atoms with Crippen molar-refractivity contribution < 1.29 is 9.47 Å². The molecular weight excluding hydrogens is 783 g/mol. The Kier molecular flexibility index (Phi) is 12.6. The highest BCUT2D eigenvalue weighted by Crippen LogP contribution is 2.28. The van der Waals surface area contributed by atoms with Crippen LogP contribution in [0.15, 0.2) is 116 Å². The fourth-order valence-electron chi connectivity index (χ4n) is 6.44.